The van der Waals surface area contributed by atoms with Crippen LogP contribution in [-0.2, 0) is 19.4 Å². The first-order chi connectivity index (χ1) is 11.6. The molecule has 2 atom stereocenters. The molecule has 1 aromatic rings. The predicted octanol–water partition coefficient (Wildman–Crippen LogP) is 0.0334. The molecule has 0 spiro atoms. The summed E-state index contributed by atoms with van der Waals surface area (Å²) >= 11 is 0. The van der Waals surface area contributed by atoms with Gasteiger partial charge in [-0.15, -0.1) is 5.43 Å². The summed E-state index contributed by atoms with van der Waals surface area (Å²) in [6.07, 6.45) is -0.147. The lowest BCUT2D eigenvalue weighted by atomic mass is 10.2. The second-order valence-corrected chi connectivity index (χ2v) is 7.76. The number of nitrogens with one attached hydrogen (secondary N) is 1. The van der Waals surface area contributed by atoms with Gasteiger partial charge in [-0.25, -0.2) is 23.3 Å². The maximum atomic E-state index is 13.0. The Bertz CT molecular complexity index is 796. The Morgan fingerprint density at radius 1 is 1.36 bits per heavy atom. The highest BCUT2D eigenvalue weighted by molar-refractivity contribution is 7.93. The molecule has 1 aliphatic rings. The smallest absolute Gasteiger partial charge is 0.346 e. The van der Waals surface area contributed by atoms with Crippen LogP contribution in [-0.4, -0.2) is 52.8 Å². The third-order valence-corrected chi connectivity index (χ3v) is 6.48. The summed E-state index contributed by atoms with van der Waals surface area (Å²) in [6.45, 7) is 1.05. The number of hydrazine groups is 1. The lowest BCUT2D eigenvalue weighted by Crippen LogP contribution is -2.61. The van der Waals surface area contributed by atoms with E-state index in [0.29, 0.717) is 4.90 Å². The lowest BCUT2D eigenvalue weighted by Gasteiger charge is -2.35. The van der Waals surface area contributed by atoms with Gasteiger partial charge in [0.2, 0.25) is 14.7 Å². The number of carbonyl (C=O) groups is 2. The van der Waals surface area contributed by atoms with E-state index >= 15 is 0 Å². The van der Waals surface area contributed by atoms with Crippen LogP contribution >= 0.6 is 0 Å². The maximum Gasteiger partial charge on any atom is 0.346 e. The van der Waals surface area contributed by atoms with Crippen molar-refractivity contribution in [1.82, 2.24) is 10.3 Å². The van der Waals surface area contributed by atoms with E-state index in [1.165, 1.54) is 31.2 Å². The molecule has 1 saturated heterocycles. The van der Waals surface area contributed by atoms with E-state index in [2.05, 4.69) is 0 Å². The summed E-state index contributed by atoms with van der Waals surface area (Å²) in [4.78, 5) is 33.0. The summed E-state index contributed by atoms with van der Waals surface area (Å²) in [5.41, 5.74) is 1.73. The van der Waals surface area contributed by atoms with Crippen LogP contribution < -0.4 is 5.43 Å². The number of likely N-dealkylation sites (tertiary alicyclic amines) is 1. The number of carboxylic acids is 1. The van der Waals surface area contributed by atoms with Gasteiger partial charge < -0.3 is 10.0 Å². The zero-order chi connectivity index (χ0) is 18.8. The molecule has 1 aliphatic heterocycles. The fourth-order valence-corrected chi connectivity index (χ4v) is 4.96. The average molecular weight is 371 g/mol. The first kappa shape index (κ1) is 18.6. The molecule has 0 saturated carbocycles. The van der Waals surface area contributed by atoms with Gasteiger partial charge in [0.1, 0.15) is 0 Å². The molecule has 11 heteroatoms. The molecule has 0 unspecified atom stereocenters. The van der Waals surface area contributed by atoms with Crippen molar-refractivity contribution < 1.29 is 28.1 Å². The quantitative estimate of drug-likeness (QED) is 0.526. The molecular weight excluding hydrogens is 354 g/mol. The first-order valence-corrected chi connectivity index (χ1v) is 8.88. The van der Waals surface area contributed by atoms with Crippen LogP contribution in [0, 0.1) is 10.1 Å². The number of hydrogen-bond acceptors (Lipinski definition) is 6. The number of sulfone groups is 1. The van der Waals surface area contributed by atoms with E-state index in [0.717, 1.165) is 0 Å². The van der Waals surface area contributed by atoms with Crippen molar-refractivity contribution in [3.8, 4) is 0 Å². The topological polar surface area (TPSA) is 147 Å². The molecule has 0 bridgehead atoms. The Labute approximate surface area is 143 Å². The molecule has 2 N–H and O–H groups in total. The number of amides is 1. The van der Waals surface area contributed by atoms with Gasteiger partial charge in [-0.1, -0.05) is 18.2 Å². The molecule has 1 fully saturated rings. The Hall–Kier alpha value is -2.69. The van der Waals surface area contributed by atoms with E-state index < -0.39 is 37.7 Å². The van der Waals surface area contributed by atoms with Crippen molar-refractivity contribution in [1.29, 1.82) is 0 Å². The van der Waals surface area contributed by atoms with E-state index in [1.54, 1.807) is 11.5 Å². The van der Waals surface area contributed by atoms with E-state index in [4.69, 9.17) is 0 Å². The number of rotatable bonds is 6. The number of aliphatic carboxylic acids is 1. The van der Waals surface area contributed by atoms with Crippen molar-refractivity contribution in [2.24, 2.45) is 0 Å². The minimum atomic E-state index is -4.45. The van der Waals surface area contributed by atoms with Crippen molar-refractivity contribution >= 4 is 21.7 Å². The van der Waals surface area contributed by atoms with Gasteiger partial charge in [0.25, 0.3) is 5.91 Å². The molecule has 2 rings (SSSR count). The molecule has 0 radical (unpaired) electrons. The highest BCUT2D eigenvalue weighted by Crippen LogP contribution is 2.39. The molecule has 25 heavy (non-hydrogen) atoms. The molecular formula is C14H17N3O7S. The highest BCUT2D eigenvalue weighted by Gasteiger charge is 2.61. The second kappa shape index (κ2) is 6.67. The zero-order valence-corrected chi connectivity index (χ0v) is 14.1. The third kappa shape index (κ3) is 3.02. The normalized spacial score (nSPS) is 21.6. The fraction of sp³-hybridized carbons (Fsp3) is 0.429. The number of carboxylic acid groups (broad SMARTS) is 1. The number of benzene rings is 1. The summed E-state index contributed by atoms with van der Waals surface area (Å²) in [7, 11) is -4.45. The summed E-state index contributed by atoms with van der Waals surface area (Å²) < 4.78 is 26.1. The van der Waals surface area contributed by atoms with E-state index in [9.17, 15) is 33.2 Å². The summed E-state index contributed by atoms with van der Waals surface area (Å²) in [6, 6.07) is 5.59. The van der Waals surface area contributed by atoms with Crippen LogP contribution in [0.4, 0.5) is 0 Å². The van der Waals surface area contributed by atoms with Crippen LogP contribution in [0.1, 0.15) is 19.8 Å². The fourth-order valence-electron chi connectivity index (χ4n) is 2.94. The molecule has 1 aromatic carbocycles. The molecule has 1 amide bonds. The number of nitro groups is 1. The van der Waals surface area contributed by atoms with Crippen molar-refractivity contribution in [2.45, 2.75) is 35.6 Å². The minimum absolute atomic E-state index is 0.124. The Morgan fingerprint density at radius 3 is 2.48 bits per heavy atom. The standard InChI is InChI=1S/C14H17N3O7S/c1-10(15-17(21)22)12(18)16-9-5-8-14(16,13(19)20)25(23,24)11-6-3-2-4-7-11/h2-4,6-7,10,15H,5,8-9H2,1H3,(H,19,20)/t10-,14+/m0/s1. The summed E-state index contributed by atoms with van der Waals surface area (Å²) in [5.74, 6) is -2.65. The number of hydrogen-bond donors (Lipinski definition) is 2. The average Bonchev–Trinajstić information content (AvgIpc) is 3.00. The Kier molecular flexibility index (Phi) is 4.97. The maximum absolute atomic E-state index is 13.0. The van der Waals surface area contributed by atoms with Crippen LogP contribution in [0.3, 0.4) is 0 Å². The third-order valence-electron chi connectivity index (χ3n) is 4.10. The minimum Gasteiger partial charge on any atom is -0.479 e. The molecule has 0 aromatic heterocycles. The SMILES string of the molecule is C[C@H](N[N+](=O)[O-])C(=O)N1CCC[C@]1(C(=O)O)S(=O)(=O)c1ccccc1. The van der Waals surface area contributed by atoms with Crippen molar-refractivity contribution in [3.63, 3.8) is 0 Å². The van der Waals surface area contributed by atoms with Gasteiger partial charge in [0, 0.05) is 6.54 Å². The largest absolute Gasteiger partial charge is 0.479 e. The zero-order valence-electron chi connectivity index (χ0n) is 13.3. The van der Waals surface area contributed by atoms with Crippen LogP contribution in [0.5, 0.6) is 0 Å². The molecule has 1 heterocycles. The number of nitrogens with zero attached hydrogens (tertiary/aromatic N) is 2. The Balaban J connectivity index is 2.53. The molecule has 0 aliphatic carbocycles. The van der Waals surface area contributed by atoms with E-state index in [-0.39, 0.29) is 24.3 Å². The molecule has 10 nitrogen and oxygen atoms in total. The number of carbonyl (C=O) groups excluding carboxylic acids is 1. The Morgan fingerprint density at radius 2 is 1.96 bits per heavy atom. The predicted molar refractivity (Wildman–Crippen MR) is 84.5 cm³/mol. The van der Waals surface area contributed by atoms with Gasteiger partial charge >= 0.3 is 5.97 Å². The van der Waals surface area contributed by atoms with Crippen LogP contribution in [0.25, 0.3) is 0 Å². The highest BCUT2D eigenvalue weighted by atomic mass is 32.2. The van der Waals surface area contributed by atoms with Gasteiger partial charge in [-0.05, 0) is 31.9 Å². The van der Waals surface area contributed by atoms with Crippen molar-refractivity contribution in [2.75, 3.05) is 6.54 Å². The van der Waals surface area contributed by atoms with Crippen LogP contribution in [0.2, 0.25) is 0 Å². The van der Waals surface area contributed by atoms with Crippen LogP contribution in [0.15, 0.2) is 35.2 Å². The van der Waals surface area contributed by atoms with Crippen molar-refractivity contribution in [3.05, 3.63) is 40.4 Å². The monoisotopic (exact) mass is 371 g/mol. The first-order valence-electron chi connectivity index (χ1n) is 7.39. The van der Waals surface area contributed by atoms with Gasteiger partial charge in [-0.3, -0.25) is 4.79 Å². The van der Waals surface area contributed by atoms with Gasteiger partial charge in [0.05, 0.1) is 4.90 Å². The van der Waals surface area contributed by atoms with Gasteiger partial charge in [0.15, 0.2) is 11.1 Å². The lowest BCUT2D eigenvalue weighted by molar-refractivity contribution is -0.548. The van der Waals surface area contributed by atoms with E-state index in [1.807, 2.05) is 0 Å². The summed E-state index contributed by atoms with van der Waals surface area (Å²) in [5, 5.41) is 19.3. The van der Waals surface area contributed by atoms with Gasteiger partial charge in [-0.2, -0.15) is 0 Å². The second-order valence-electron chi connectivity index (χ2n) is 5.61. The molecule has 136 valence electrons.